The fraction of sp³-hybridized carbons (Fsp3) is 0.200. The molecule has 7 nitrogen and oxygen atoms in total. The maximum Gasteiger partial charge on any atom is 0.301 e. The molecule has 0 bridgehead atoms. The van der Waals surface area contributed by atoms with E-state index < -0.39 is 17.7 Å². The van der Waals surface area contributed by atoms with Gasteiger partial charge in [-0.3, -0.25) is 14.5 Å². The molecule has 1 saturated heterocycles. The van der Waals surface area contributed by atoms with Crippen molar-refractivity contribution < 1.29 is 19.4 Å². The Bertz CT molecular complexity index is 1530. The first kappa shape index (κ1) is 26.6. The summed E-state index contributed by atoms with van der Waals surface area (Å²) in [5.41, 5.74) is 4.47. The van der Waals surface area contributed by atoms with E-state index in [-0.39, 0.29) is 11.3 Å². The monoisotopic (exact) mass is 557 g/mol. The molecule has 4 aromatic rings. The van der Waals surface area contributed by atoms with E-state index in [2.05, 4.69) is 34.5 Å². The molecule has 1 N–H and O–H groups in total. The number of thioether (sulfide) groups is 1. The topological polar surface area (TPSA) is 92.6 Å². The molecule has 1 fully saturated rings. The molecule has 0 saturated carbocycles. The molecule has 0 aliphatic carbocycles. The molecular formula is C30H27N3O4S2. The van der Waals surface area contributed by atoms with Crippen LogP contribution in [0.3, 0.4) is 0 Å². The van der Waals surface area contributed by atoms with Gasteiger partial charge in [0.25, 0.3) is 5.78 Å². The second kappa shape index (κ2) is 11.4. The van der Waals surface area contributed by atoms with E-state index >= 15 is 0 Å². The molecule has 198 valence electrons. The number of ether oxygens (including phenoxy) is 1. The minimum Gasteiger partial charge on any atom is -0.507 e. The maximum atomic E-state index is 13.4. The molecule has 9 heteroatoms. The summed E-state index contributed by atoms with van der Waals surface area (Å²) in [4.78, 5) is 28.1. The fourth-order valence-corrected chi connectivity index (χ4v) is 6.14. The number of anilines is 1. The Morgan fingerprint density at radius 3 is 2.23 bits per heavy atom. The van der Waals surface area contributed by atoms with Crippen LogP contribution in [-0.4, -0.2) is 33.6 Å². The first-order valence-electron chi connectivity index (χ1n) is 12.5. The van der Waals surface area contributed by atoms with Crippen molar-refractivity contribution in [1.29, 1.82) is 0 Å². The number of aryl methyl sites for hydroxylation is 2. The van der Waals surface area contributed by atoms with Crippen molar-refractivity contribution >= 4 is 45.7 Å². The van der Waals surface area contributed by atoms with Crippen LogP contribution in [0.25, 0.3) is 5.76 Å². The van der Waals surface area contributed by atoms with Crippen LogP contribution in [0.15, 0.2) is 82.7 Å². The number of aromatic nitrogens is 2. The van der Waals surface area contributed by atoms with Crippen LogP contribution in [0.5, 0.6) is 5.75 Å². The lowest BCUT2D eigenvalue weighted by Crippen LogP contribution is -2.29. The van der Waals surface area contributed by atoms with Crippen LogP contribution in [0.4, 0.5) is 5.13 Å². The van der Waals surface area contributed by atoms with Crippen molar-refractivity contribution in [3.63, 3.8) is 0 Å². The van der Waals surface area contributed by atoms with E-state index in [0.717, 1.165) is 11.1 Å². The molecule has 1 unspecified atom stereocenters. The number of hydrogen-bond donors (Lipinski definition) is 1. The lowest BCUT2D eigenvalue weighted by Gasteiger charge is -2.22. The van der Waals surface area contributed by atoms with Gasteiger partial charge in [0.15, 0.2) is 4.34 Å². The molecule has 3 aromatic carbocycles. The maximum absolute atomic E-state index is 13.4. The van der Waals surface area contributed by atoms with Crippen molar-refractivity contribution in [2.24, 2.45) is 0 Å². The Hall–Kier alpha value is -3.95. The van der Waals surface area contributed by atoms with Crippen LogP contribution >= 0.6 is 23.1 Å². The molecule has 0 spiro atoms. The lowest BCUT2D eigenvalue weighted by molar-refractivity contribution is -0.132. The van der Waals surface area contributed by atoms with E-state index in [1.54, 1.807) is 36.4 Å². The summed E-state index contributed by atoms with van der Waals surface area (Å²) in [7, 11) is 0. The van der Waals surface area contributed by atoms with Crippen molar-refractivity contribution in [1.82, 2.24) is 10.2 Å². The third-order valence-corrected chi connectivity index (χ3v) is 8.49. The van der Waals surface area contributed by atoms with Crippen molar-refractivity contribution in [2.75, 3.05) is 11.5 Å². The van der Waals surface area contributed by atoms with Crippen LogP contribution in [-0.2, 0) is 15.3 Å². The van der Waals surface area contributed by atoms with Crippen molar-refractivity contribution in [3.8, 4) is 5.75 Å². The number of aliphatic hydroxyl groups excluding tert-OH is 1. The summed E-state index contributed by atoms with van der Waals surface area (Å²) in [6.45, 7) is 6.39. The minimum absolute atomic E-state index is 0.0112. The zero-order valence-corrected chi connectivity index (χ0v) is 23.4. The summed E-state index contributed by atoms with van der Waals surface area (Å²) in [5.74, 6) is -0.385. The molecule has 1 amide bonds. The summed E-state index contributed by atoms with van der Waals surface area (Å²) >= 11 is 2.76. The van der Waals surface area contributed by atoms with E-state index in [0.29, 0.717) is 38.7 Å². The van der Waals surface area contributed by atoms with Gasteiger partial charge >= 0.3 is 5.91 Å². The number of hydrogen-bond acceptors (Lipinski definition) is 8. The van der Waals surface area contributed by atoms with Gasteiger partial charge in [-0.05, 0) is 44.0 Å². The normalized spacial score (nSPS) is 16.6. The number of carbonyl (C=O) groups is 2. The second-order valence-electron chi connectivity index (χ2n) is 9.16. The third kappa shape index (κ3) is 5.60. The number of nitrogens with zero attached hydrogens (tertiary/aromatic N) is 3. The van der Waals surface area contributed by atoms with E-state index in [4.69, 9.17) is 4.74 Å². The van der Waals surface area contributed by atoms with Crippen LogP contribution in [0, 0.1) is 13.8 Å². The zero-order chi connectivity index (χ0) is 27.5. The lowest BCUT2D eigenvalue weighted by atomic mass is 9.95. The molecule has 1 aliphatic heterocycles. The molecular weight excluding hydrogens is 530 g/mol. The number of ketones is 1. The first-order valence-corrected chi connectivity index (χ1v) is 14.3. The molecule has 1 atom stereocenters. The van der Waals surface area contributed by atoms with Crippen LogP contribution in [0.2, 0.25) is 0 Å². The first-order chi connectivity index (χ1) is 18.9. The Balaban J connectivity index is 1.52. The molecule has 2 heterocycles. The highest BCUT2D eigenvalue weighted by atomic mass is 32.2. The Labute approximate surface area is 235 Å². The number of carbonyl (C=O) groups excluding carboxylic acids is 2. The molecule has 1 aromatic heterocycles. The van der Waals surface area contributed by atoms with Gasteiger partial charge in [0.2, 0.25) is 5.13 Å². The third-order valence-electron chi connectivity index (χ3n) is 6.36. The zero-order valence-electron chi connectivity index (χ0n) is 21.7. The Morgan fingerprint density at radius 2 is 1.59 bits per heavy atom. The van der Waals surface area contributed by atoms with Crippen molar-refractivity contribution in [3.05, 3.63) is 106 Å². The van der Waals surface area contributed by atoms with E-state index in [1.165, 1.54) is 33.6 Å². The van der Waals surface area contributed by atoms with Gasteiger partial charge in [-0.1, -0.05) is 94.9 Å². The highest BCUT2D eigenvalue weighted by molar-refractivity contribution is 8.00. The second-order valence-corrected chi connectivity index (χ2v) is 11.3. The number of Topliss-reactive ketones (excluding diaryl/α,β-unsaturated/α-hetero) is 1. The predicted molar refractivity (Wildman–Crippen MR) is 154 cm³/mol. The molecule has 5 rings (SSSR count). The highest BCUT2D eigenvalue weighted by Crippen LogP contribution is 2.44. The average molecular weight is 558 g/mol. The number of rotatable bonds is 8. The van der Waals surface area contributed by atoms with Crippen LogP contribution in [0.1, 0.15) is 40.8 Å². The SMILES string of the molecule is CCOc1ccc(C2/C(=C(/O)c3ccc(C)cc3)C(=O)C(=O)N2c2nnc(SCc3ccc(C)cc3)s2)cc1. The molecule has 39 heavy (non-hydrogen) atoms. The molecule has 1 aliphatic rings. The van der Waals surface area contributed by atoms with Crippen LogP contribution < -0.4 is 9.64 Å². The van der Waals surface area contributed by atoms with Gasteiger partial charge in [0.05, 0.1) is 18.2 Å². The van der Waals surface area contributed by atoms with Gasteiger partial charge < -0.3 is 9.84 Å². The largest absolute Gasteiger partial charge is 0.507 e. The van der Waals surface area contributed by atoms with Gasteiger partial charge in [0.1, 0.15) is 11.5 Å². The van der Waals surface area contributed by atoms with Gasteiger partial charge in [-0.2, -0.15) is 0 Å². The molecule has 0 radical (unpaired) electrons. The highest BCUT2D eigenvalue weighted by Gasteiger charge is 2.48. The average Bonchev–Trinajstić information content (AvgIpc) is 3.51. The Morgan fingerprint density at radius 1 is 0.949 bits per heavy atom. The number of amides is 1. The summed E-state index contributed by atoms with van der Waals surface area (Å²) in [6.07, 6.45) is 0. The van der Waals surface area contributed by atoms with E-state index in [9.17, 15) is 14.7 Å². The fourth-order valence-electron chi connectivity index (χ4n) is 4.31. The smallest absolute Gasteiger partial charge is 0.301 e. The van der Waals surface area contributed by atoms with Gasteiger partial charge in [-0.25, -0.2) is 0 Å². The minimum atomic E-state index is -0.870. The summed E-state index contributed by atoms with van der Waals surface area (Å²) in [6, 6.07) is 21.7. The van der Waals surface area contributed by atoms with Crippen molar-refractivity contribution in [2.45, 2.75) is 36.9 Å². The van der Waals surface area contributed by atoms with E-state index in [1.807, 2.05) is 32.9 Å². The van der Waals surface area contributed by atoms with Gasteiger partial charge in [-0.15, -0.1) is 10.2 Å². The quantitative estimate of drug-likeness (QED) is 0.0872. The standard InChI is InChI=1S/C30H27N3O4S2/c1-4-37-23-15-13-21(14-16-23)25-24(26(34)22-11-7-19(3)8-12-22)27(35)28(36)33(25)29-31-32-30(39-29)38-17-20-9-5-18(2)6-10-20/h5-16,25,34H,4,17H2,1-3H3/b26-24-. The van der Waals surface area contributed by atoms with Gasteiger partial charge in [0, 0.05) is 11.3 Å². The Kier molecular flexibility index (Phi) is 7.81. The predicted octanol–water partition coefficient (Wildman–Crippen LogP) is 6.47. The summed E-state index contributed by atoms with van der Waals surface area (Å²) in [5, 5.41) is 20.2. The number of benzene rings is 3. The number of aliphatic hydroxyl groups is 1. The summed E-state index contributed by atoms with van der Waals surface area (Å²) < 4.78 is 6.25.